The van der Waals surface area contributed by atoms with E-state index in [0.717, 1.165) is 25.4 Å². The van der Waals surface area contributed by atoms with Gasteiger partial charge in [0.15, 0.2) is 0 Å². The van der Waals surface area contributed by atoms with E-state index in [2.05, 4.69) is 62.5 Å². The second kappa shape index (κ2) is 7.84. The van der Waals surface area contributed by atoms with Crippen molar-refractivity contribution in [1.82, 2.24) is 5.32 Å². The normalized spacial score (nSPS) is 10.9. The molecule has 1 N–H and O–H groups in total. The third kappa shape index (κ3) is 5.24. The van der Waals surface area contributed by atoms with Gasteiger partial charge in [0.25, 0.3) is 0 Å². The predicted molar refractivity (Wildman–Crippen MR) is 88.5 cm³/mol. The van der Waals surface area contributed by atoms with E-state index in [1.165, 1.54) is 16.7 Å². The average Bonchev–Trinajstić information content (AvgIpc) is 2.48. The zero-order chi connectivity index (χ0) is 15.1. The summed E-state index contributed by atoms with van der Waals surface area (Å²) < 4.78 is 5.69. The predicted octanol–water partition coefficient (Wildman–Crippen LogP) is 4.32. The fourth-order valence-electron chi connectivity index (χ4n) is 2.12. The maximum atomic E-state index is 5.69. The van der Waals surface area contributed by atoms with Crippen LogP contribution in [0.1, 0.15) is 30.5 Å². The van der Waals surface area contributed by atoms with Gasteiger partial charge in [0, 0.05) is 13.1 Å². The smallest absolute Gasteiger partial charge is 0.119 e. The standard InChI is InChI=1S/C19H25NO/c1-15(2)14-21-19-10-8-17(9-11-19)12-20-13-18-7-5-4-6-16(18)3/h4-11,15,20H,12-14H2,1-3H3. The van der Waals surface area contributed by atoms with Crippen LogP contribution >= 0.6 is 0 Å². The van der Waals surface area contributed by atoms with Gasteiger partial charge in [-0.25, -0.2) is 0 Å². The quantitative estimate of drug-likeness (QED) is 0.817. The summed E-state index contributed by atoms with van der Waals surface area (Å²) in [6.45, 7) is 9.01. The molecule has 2 heteroatoms. The van der Waals surface area contributed by atoms with Crippen molar-refractivity contribution in [3.8, 4) is 5.75 Å². The Bertz CT molecular complexity index is 546. The van der Waals surface area contributed by atoms with Gasteiger partial charge in [-0.05, 0) is 41.7 Å². The van der Waals surface area contributed by atoms with Gasteiger partial charge in [-0.2, -0.15) is 0 Å². The summed E-state index contributed by atoms with van der Waals surface area (Å²) in [5.74, 6) is 1.51. The first kappa shape index (κ1) is 15.6. The fourth-order valence-corrected chi connectivity index (χ4v) is 2.12. The zero-order valence-corrected chi connectivity index (χ0v) is 13.2. The highest BCUT2D eigenvalue weighted by Gasteiger charge is 1.99. The Morgan fingerprint density at radius 1 is 0.952 bits per heavy atom. The van der Waals surface area contributed by atoms with Crippen molar-refractivity contribution in [3.05, 3.63) is 65.2 Å². The molecule has 112 valence electrons. The lowest BCUT2D eigenvalue weighted by Gasteiger charge is -2.10. The topological polar surface area (TPSA) is 21.3 Å². The molecule has 21 heavy (non-hydrogen) atoms. The maximum Gasteiger partial charge on any atom is 0.119 e. The van der Waals surface area contributed by atoms with Crippen LogP contribution in [0.25, 0.3) is 0 Å². The van der Waals surface area contributed by atoms with E-state index in [4.69, 9.17) is 4.74 Å². The minimum Gasteiger partial charge on any atom is -0.493 e. The number of hydrogen-bond donors (Lipinski definition) is 1. The summed E-state index contributed by atoms with van der Waals surface area (Å²) >= 11 is 0. The molecule has 0 aliphatic heterocycles. The minimum absolute atomic E-state index is 0.556. The third-order valence-corrected chi connectivity index (χ3v) is 3.41. The van der Waals surface area contributed by atoms with E-state index in [-0.39, 0.29) is 0 Å². The minimum atomic E-state index is 0.556. The molecule has 0 aliphatic carbocycles. The van der Waals surface area contributed by atoms with Crippen LogP contribution in [-0.2, 0) is 13.1 Å². The third-order valence-electron chi connectivity index (χ3n) is 3.41. The molecule has 0 heterocycles. The second-order valence-electron chi connectivity index (χ2n) is 5.88. The molecular weight excluding hydrogens is 258 g/mol. The number of hydrogen-bond acceptors (Lipinski definition) is 2. The van der Waals surface area contributed by atoms with Gasteiger partial charge in [-0.3, -0.25) is 0 Å². The molecule has 2 aromatic carbocycles. The molecular formula is C19H25NO. The molecule has 0 aromatic heterocycles. The summed E-state index contributed by atoms with van der Waals surface area (Å²) in [5, 5.41) is 3.49. The van der Waals surface area contributed by atoms with Crippen LogP contribution in [0, 0.1) is 12.8 Å². The molecule has 2 aromatic rings. The lowest BCUT2D eigenvalue weighted by Crippen LogP contribution is -2.13. The molecule has 0 unspecified atom stereocenters. The molecule has 0 bridgehead atoms. The fraction of sp³-hybridized carbons (Fsp3) is 0.368. The van der Waals surface area contributed by atoms with E-state index in [9.17, 15) is 0 Å². The van der Waals surface area contributed by atoms with Crippen molar-refractivity contribution in [3.63, 3.8) is 0 Å². The van der Waals surface area contributed by atoms with Gasteiger partial charge in [-0.15, -0.1) is 0 Å². The van der Waals surface area contributed by atoms with Crippen LogP contribution in [-0.4, -0.2) is 6.61 Å². The van der Waals surface area contributed by atoms with Crippen LogP contribution in [0.5, 0.6) is 5.75 Å². The molecule has 0 radical (unpaired) electrons. The van der Waals surface area contributed by atoms with Crippen LogP contribution in [0.15, 0.2) is 48.5 Å². The lowest BCUT2D eigenvalue weighted by atomic mass is 10.1. The van der Waals surface area contributed by atoms with Gasteiger partial charge in [0.1, 0.15) is 5.75 Å². The first-order valence-electron chi connectivity index (χ1n) is 7.62. The molecule has 2 rings (SSSR count). The van der Waals surface area contributed by atoms with Crippen LogP contribution < -0.4 is 10.1 Å². The molecule has 0 spiro atoms. The number of benzene rings is 2. The van der Waals surface area contributed by atoms with Gasteiger partial charge in [-0.1, -0.05) is 50.2 Å². The van der Waals surface area contributed by atoms with Gasteiger partial charge in [0.2, 0.25) is 0 Å². The van der Waals surface area contributed by atoms with E-state index in [1.807, 2.05) is 12.1 Å². The first-order valence-corrected chi connectivity index (χ1v) is 7.62. The Morgan fingerprint density at radius 3 is 2.33 bits per heavy atom. The SMILES string of the molecule is Cc1ccccc1CNCc1ccc(OCC(C)C)cc1. The van der Waals surface area contributed by atoms with E-state index < -0.39 is 0 Å². The van der Waals surface area contributed by atoms with E-state index >= 15 is 0 Å². The highest BCUT2D eigenvalue weighted by atomic mass is 16.5. The van der Waals surface area contributed by atoms with Crippen molar-refractivity contribution >= 4 is 0 Å². The van der Waals surface area contributed by atoms with Crippen molar-refractivity contribution < 1.29 is 4.74 Å². The lowest BCUT2D eigenvalue weighted by molar-refractivity contribution is 0.271. The Hall–Kier alpha value is -1.80. The Labute approximate surface area is 128 Å². The number of nitrogens with one attached hydrogen (secondary N) is 1. The number of rotatable bonds is 7. The molecule has 0 fully saturated rings. The monoisotopic (exact) mass is 283 g/mol. The Kier molecular flexibility index (Phi) is 5.82. The van der Waals surface area contributed by atoms with Crippen molar-refractivity contribution in [1.29, 1.82) is 0 Å². The molecule has 0 saturated carbocycles. The van der Waals surface area contributed by atoms with Gasteiger partial charge in [0.05, 0.1) is 6.61 Å². The van der Waals surface area contributed by atoms with E-state index in [1.54, 1.807) is 0 Å². The first-order chi connectivity index (χ1) is 10.1. The number of aryl methyl sites for hydroxylation is 1. The highest BCUT2D eigenvalue weighted by Crippen LogP contribution is 2.13. The van der Waals surface area contributed by atoms with Crippen molar-refractivity contribution in [2.75, 3.05) is 6.61 Å². The van der Waals surface area contributed by atoms with Gasteiger partial charge < -0.3 is 10.1 Å². The van der Waals surface area contributed by atoms with Crippen molar-refractivity contribution in [2.45, 2.75) is 33.9 Å². The molecule has 0 aliphatic rings. The molecule has 0 saturated heterocycles. The van der Waals surface area contributed by atoms with Crippen molar-refractivity contribution in [2.24, 2.45) is 5.92 Å². The average molecular weight is 283 g/mol. The second-order valence-corrected chi connectivity index (χ2v) is 5.88. The maximum absolute atomic E-state index is 5.69. The van der Waals surface area contributed by atoms with Gasteiger partial charge >= 0.3 is 0 Å². The largest absolute Gasteiger partial charge is 0.493 e. The molecule has 0 amide bonds. The van der Waals surface area contributed by atoms with Crippen LogP contribution in [0.2, 0.25) is 0 Å². The summed E-state index contributed by atoms with van der Waals surface area (Å²) in [4.78, 5) is 0. The van der Waals surface area contributed by atoms with E-state index in [0.29, 0.717) is 5.92 Å². The van der Waals surface area contributed by atoms with Crippen LogP contribution in [0.4, 0.5) is 0 Å². The zero-order valence-electron chi connectivity index (χ0n) is 13.2. The number of ether oxygens (including phenoxy) is 1. The summed E-state index contributed by atoms with van der Waals surface area (Å²) in [7, 11) is 0. The Morgan fingerprint density at radius 2 is 1.67 bits per heavy atom. The van der Waals surface area contributed by atoms with Crippen LogP contribution in [0.3, 0.4) is 0 Å². The Balaban J connectivity index is 1.80. The molecule has 0 atom stereocenters. The summed E-state index contributed by atoms with van der Waals surface area (Å²) in [6, 6.07) is 16.8. The highest BCUT2D eigenvalue weighted by molar-refractivity contribution is 5.28. The summed E-state index contributed by atoms with van der Waals surface area (Å²) in [5.41, 5.74) is 3.97. The summed E-state index contributed by atoms with van der Waals surface area (Å²) in [6.07, 6.45) is 0. The molecule has 2 nitrogen and oxygen atoms in total.